The number of rotatable bonds is 8. The van der Waals surface area contributed by atoms with E-state index in [1.807, 2.05) is 0 Å². The molecular weight excluding hydrogens is 719 g/mol. The average Bonchev–Trinajstić information content (AvgIpc) is 3.56. The molecule has 0 aromatic rings. The summed E-state index contributed by atoms with van der Waals surface area (Å²) in [4.78, 5) is 0. The summed E-state index contributed by atoms with van der Waals surface area (Å²) in [6.45, 7) is 29.1. The van der Waals surface area contributed by atoms with Crippen LogP contribution >= 0.6 is 22.4 Å². The van der Waals surface area contributed by atoms with Crippen LogP contribution in [0.25, 0.3) is 0 Å². The summed E-state index contributed by atoms with van der Waals surface area (Å²) in [6, 6.07) is 0. The molecule has 4 aliphatic carbocycles. The smallest absolute Gasteiger partial charge is 1.00 e. The molecule has 0 saturated heterocycles. The van der Waals surface area contributed by atoms with Crippen LogP contribution < -0.4 is 24.8 Å². The summed E-state index contributed by atoms with van der Waals surface area (Å²) in [7, 11) is -2.49. The van der Waals surface area contributed by atoms with Crippen LogP contribution in [0.4, 0.5) is 0 Å². The minimum Gasteiger partial charge on any atom is -1.00 e. The van der Waals surface area contributed by atoms with E-state index < -0.39 is 14.4 Å². The van der Waals surface area contributed by atoms with Crippen LogP contribution in [0.3, 0.4) is 0 Å². The number of allylic oxidation sites excluding steroid dienone is 14. The molecule has 240 valence electrons. The predicted molar refractivity (Wildman–Crippen MR) is 191 cm³/mol. The van der Waals surface area contributed by atoms with E-state index in [2.05, 4.69) is 176 Å². The Kier molecular flexibility index (Phi) is 19.5. The fourth-order valence-electron chi connectivity index (χ4n) is 6.63. The Balaban J connectivity index is 0. The van der Waals surface area contributed by atoms with Gasteiger partial charge in [0.2, 0.25) is 0 Å². The van der Waals surface area contributed by atoms with Gasteiger partial charge in [0.05, 0.1) is 0 Å². The molecule has 2 atom stereocenters. The van der Waals surface area contributed by atoms with Crippen molar-refractivity contribution in [1.29, 1.82) is 0 Å². The van der Waals surface area contributed by atoms with Gasteiger partial charge in [0, 0.05) is 9.49 Å². The summed E-state index contributed by atoms with van der Waals surface area (Å²) in [5.41, 5.74) is 6.07. The van der Waals surface area contributed by atoms with Gasteiger partial charge in [-0.15, -0.1) is 12.8 Å². The molecule has 0 saturated carbocycles. The second-order valence-electron chi connectivity index (χ2n) is 14.7. The number of hydrogen-bond donors (Lipinski definition) is 0. The van der Waals surface area contributed by atoms with E-state index >= 15 is 0 Å². The second kappa shape index (κ2) is 18.2. The Morgan fingerprint density at radius 3 is 1.16 bits per heavy atom. The van der Waals surface area contributed by atoms with Crippen molar-refractivity contribution in [3.8, 4) is 0 Å². The molecular formula is C36H54Cl2S2Si2Ti2. The summed E-state index contributed by atoms with van der Waals surface area (Å²) in [6.07, 6.45) is 34.2. The van der Waals surface area contributed by atoms with Crippen LogP contribution in [0.15, 0.2) is 83.1 Å². The van der Waals surface area contributed by atoms with Crippen molar-refractivity contribution in [2.24, 2.45) is 10.8 Å². The zero-order chi connectivity index (χ0) is 30.0. The molecule has 0 spiro atoms. The van der Waals surface area contributed by atoms with Crippen LogP contribution in [-0.4, -0.2) is 23.9 Å². The standard InChI is InChI=1S/2C18H27SSi.2ClH.2Ti/c2*1-15-11-9-10-14-18(15,19-20(4,5)6)17(2,3)16-12-7-8-13-16;;;;/h2*7,9-12H,8,14H2,1-6H3;2*1H;;/q2*-1;;;2*+2/p-2. The van der Waals surface area contributed by atoms with Crippen LogP contribution in [-0.2, 0) is 43.4 Å². The maximum absolute atomic E-state index is 3.58. The van der Waals surface area contributed by atoms with Crippen LogP contribution in [0.1, 0.15) is 67.2 Å². The van der Waals surface area contributed by atoms with Crippen molar-refractivity contribution in [3.05, 3.63) is 95.2 Å². The minimum atomic E-state index is -1.24. The van der Waals surface area contributed by atoms with Gasteiger partial charge in [-0.25, -0.2) is 23.3 Å². The third-order valence-corrected chi connectivity index (χ3v) is 18.5. The molecule has 8 heteroatoms. The molecule has 0 N–H and O–H groups in total. The van der Waals surface area contributed by atoms with Crippen LogP contribution in [0.5, 0.6) is 0 Å². The van der Waals surface area contributed by atoms with E-state index in [0.29, 0.717) is 0 Å². The van der Waals surface area contributed by atoms with Gasteiger partial charge in [-0.2, -0.15) is 34.6 Å². The molecule has 0 bridgehead atoms. The van der Waals surface area contributed by atoms with Crippen molar-refractivity contribution >= 4 is 36.9 Å². The van der Waals surface area contributed by atoms with Crippen molar-refractivity contribution < 1.29 is 68.2 Å². The first kappa shape index (κ1) is 47.2. The van der Waals surface area contributed by atoms with Gasteiger partial charge in [0.15, 0.2) is 0 Å². The normalized spacial score (nSPS) is 24.3. The first-order valence-electron chi connectivity index (χ1n) is 15.0. The van der Waals surface area contributed by atoms with E-state index in [4.69, 9.17) is 0 Å². The summed E-state index contributed by atoms with van der Waals surface area (Å²) >= 11 is 4.50. The van der Waals surface area contributed by atoms with Gasteiger partial charge < -0.3 is 24.8 Å². The Bertz CT molecular complexity index is 1120. The monoisotopic (exact) mass is 772 g/mol. The molecule has 0 fully saturated rings. The molecule has 0 aromatic carbocycles. The molecule has 4 aliphatic rings. The van der Waals surface area contributed by atoms with E-state index in [1.54, 1.807) is 0 Å². The van der Waals surface area contributed by atoms with E-state index in [9.17, 15) is 0 Å². The number of halogens is 2. The van der Waals surface area contributed by atoms with E-state index in [-0.39, 0.29) is 88.6 Å². The molecule has 0 amide bonds. The van der Waals surface area contributed by atoms with Crippen LogP contribution in [0, 0.1) is 23.0 Å². The predicted octanol–water partition coefficient (Wildman–Crippen LogP) is 5.83. The van der Waals surface area contributed by atoms with Gasteiger partial charge in [-0.05, 0) is 37.5 Å². The van der Waals surface area contributed by atoms with Gasteiger partial charge >= 0.3 is 43.4 Å². The molecule has 0 aliphatic heterocycles. The van der Waals surface area contributed by atoms with Gasteiger partial charge in [-0.1, -0.05) is 115 Å². The molecule has 44 heavy (non-hydrogen) atoms. The third-order valence-electron chi connectivity index (χ3n) is 8.77. The summed E-state index contributed by atoms with van der Waals surface area (Å²) in [5, 5.41) is 0. The molecule has 0 radical (unpaired) electrons. The summed E-state index contributed by atoms with van der Waals surface area (Å²) in [5.74, 6) is 0. The second-order valence-corrected chi connectivity index (χ2v) is 33.5. The molecule has 4 rings (SSSR count). The first-order chi connectivity index (χ1) is 18.4. The Hall–Kier alpha value is 1.06. The minimum absolute atomic E-state index is 0. The van der Waals surface area contributed by atoms with Crippen molar-refractivity contribution in [3.63, 3.8) is 0 Å². The maximum Gasteiger partial charge on any atom is 2.00 e. The zero-order valence-electron chi connectivity index (χ0n) is 29.2. The molecule has 0 heterocycles. The fraction of sp³-hybridized carbons (Fsp3) is 0.556. The van der Waals surface area contributed by atoms with E-state index in [0.717, 1.165) is 25.7 Å². The van der Waals surface area contributed by atoms with Gasteiger partial charge in [-0.3, -0.25) is 12.2 Å². The van der Waals surface area contributed by atoms with Gasteiger partial charge in [0.1, 0.15) is 14.4 Å². The Labute approximate surface area is 324 Å². The van der Waals surface area contributed by atoms with Crippen molar-refractivity contribution in [1.82, 2.24) is 0 Å². The zero-order valence-corrected chi connectivity index (χ0v) is 37.4. The topological polar surface area (TPSA) is 0 Å². The summed E-state index contributed by atoms with van der Waals surface area (Å²) < 4.78 is 0.368. The molecule has 0 nitrogen and oxygen atoms in total. The molecule has 0 aromatic heterocycles. The number of hydrogen-bond acceptors (Lipinski definition) is 2. The Morgan fingerprint density at radius 2 is 0.932 bits per heavy atom. The molecule has 2 unspecified atom stereocenters. The largest absolute Gasteiger partial charge is 2.00 e. The maximum atomic E-state index is 3.58. The Morgan fingerprint density at radius 1 is 0.614 bits per heavy atom. The quantitative estimate of drug-likeness (QED) is 0.225. The van der Waals surface area contributed by atoms with Crippen LogP contribution in [0.2, 0.25) is 39.3 Å². The first-order valence-corrected chi connectivity index (χ1v) is 25.1. The van der Waals surface area contributed by atoms with Gasteiger partial charge in [0.25, 0.3) is 0 Å². The fourth-order valence-corrected chi connectivity index (χ4v) is 19.5. The third kappa shape index (κ3) is 10.5. The average molecular weight is 774 g/mol. The van der Waals surface area contributed by atoms with Crippen molar-refractivity contribution in [2.75, 3.05) is 0 Å². The SMILES string of the molecule is CC1=CC=CCC1(S[Si](C)(C)C)C(C)(C)C1=[C-]CC=C1.CC1=CC=CCC1(S[Si](C)(C)C)C(C)(C)C1=[C-]CC=C1.[Cl-].[Cl-].[Ti+2].[Ti+2]. The van der Waals surface area contributed by atoms with E-state index in [1.165, 1.54) is 22.3 Å². The van der Waals surface area contributed by atoms with Crippen molar-refractivity contribution in [2.45, 2.75) is 116 Å².